The molecule has 0 saturated heterocycles. The Bertz CT molecular complexity index is 1320. The van der Waals surface area contributed by atoms with Gasteiger partial charge in [0.2, 0.25) is 0 Å². The third-order valence-electron chi connectivity index (χ3n) is 5.22. The van der Waals surface area contributed by atoms with E-state index in [0.717, 1.165) is 5.56 Å². The summed E-state index contributed by atoms with van der Waals surface area (Å²) in [6.45, 7) is 1.84. The number of benzene rings is 3. The van der Waals surface area contributed by atoms with Crippen LogP contribution >= 0.6 is 11.6 Å². The summed E-state index contributed by atoms with van der Waals surface area (Å²) in [5.74, 6) is -0.632. The third-order valence-corrected chi connectivity index (χ3v) is 5.47. The van der Waals surface area contributed by atoms with Crippen molar-refractivity contribution < 1.29 is 9.59 Å². The number of nitriles is 1. The fourth-order valence-corrected chi connectivity index (χ4v) is 3.63. The Morgan fingerprint density at radius 2 is 1.58 bits per heavy atom. The van der Waals surface area contributed by atoms with Crippen molar-refractivity contribution >= 4 is 34.9 Å². The summed E-state index contributed by atoms with van der Waals surface area (Å²) in [5, 5.41) is 16.0. The van der Waals surface area contributed by atoms with Crippen LogP contribution in [0.1, 0.15) is 40.0 Å². The third kappa shape index (κ3) is 4.69. The van der Waals surface area contributed by atoms with E-state index in [1.54, 1.807) is 48.5 Å². The molecule has 0 fully saturated rings. The van der Waals surface area contributed by atoms with Crippen molar-refractivity contribution in [1.82, 2.24) is 10.6 Å². The topological polar surface area (TPSA) is 94.3 Å². The van der Waals surface area contributed by atoms with E-state index in [0.29, 0.717) is 21.7 Å². The molecule has 0 saturated carbocycles. The smallest absolute Gasteiger partial charge is 0.264 e. The number of fused-ring (bicyclic) bond motifs is 1. The van der Waals surface area contributed by atoms with Crippen molar-refractivity contribution in [3.63, 3.8) is 0 Å². The van der Waals surface area contributed by atoms with Gasteiger partial charge in [-0.1, -0.05) is 66.2 Å². The fourth-order valence-electron chi connectivity index (χ4n) is 3.50. The first-order chi connectivity index (χ1) is 16.0. The van der Waals surface area contributed by atoms with Crippen LogP contribution in [0, 0.1) is 11.3 Å². The summed E-state index contributed by atoms with van der Waals surface area (Å²) in [4.78, 5) is 30.2. The highest BCUT2D eigenvalue weighted by Gasteiger charge is 2.27. The molecule has 1 heterocycles. The summed E-state index contributed by atoms with van der Waals surface area (Å²) in [6.07, 6.45) is 0. The summed E-state index contributed by atoms with van der Waals surface area (Å²) in [5.41, 5.74) is 2.65. The predicted octanol–water partition coefficient (Wildman–Crippen LogP) is 4.64. The maximum Gasteiger partial charge on any atom is 0.264 e. The molecule has 33 heavy (non-hydrogen) atoms. The van der Waals surface area contributed by atoms with Gasteiger partial charge in [0.05, 0.1) is 11.7 Å². The van der Waals surface area contributed by atoms with Gasteiger partial charge in [-0.2, -0.15) is 5.26 Å². The van der Waals surface area contributed by atoms with Gasteiger partial charge in [0.1, 0.15) is 17.5 Å². The van der Waals surface area contributed by atoms with E-state index in [4.69, 9.17) is 11.6 Å². The van der Waals surface area contributed by atoms with E-state index in [1.165, 1.54) is 0 Å². The molecular weight excluding hydrogens is 436 g/mol. The molecule has 1 atom stereocenters. The van der Waals surface area contributed by atoms with Crippen molar-refractivity contribution in [2.24, 2.45) is 4.99 Å². The Morgan fingerprint density at radius 1 is 0.939 bits per heavy atom. The number of carbonyl (C=O) groups is 2. The number of nitrogens with one attached hydrogen (secondary N) is 2. The molecular formula is C26H19ClN4O2. The van der Waals surface area contributed by atoms with Gasteiger partial charge >= 0.3 is 0 Å². The van der Waals surface area contributed by atoms with Crippen LogP contribution in [-0.2, 0) is 4.79 Å². The van der Waals surface area contributed by atoms with Gasteiger partial charge in [0.25, 0.3) is 11.8 Å². The van der Waals surface area contributed by atoms with Crippen LogP contribution < -0.4 is 10.6 Å². The van der Waals surface area contributed by atoms with Gasteiger partial charge in [-0.25, -0.2) is 4.99 Å². The molecule has 0 spiro atoms. The first-order valence-corrected chi connectivity index (χ1v) is 10.6. The van der Waals surface area contributed by atoms with Gasteiger partial charge in [0, 0.05) is 21.7 Å². The molecule has 162 valence electrons. The summed E-state index contributed by atoms with van der Waals surface area (Å²) in [6, 6.07) is 24.7. The van der Waals surface area contributed by atoms with Crippen LogP contribution in [-0.4, -0.2) is 17.6 Å². The highest BCUT2D eigenvalue weighted by atomic mass is 35.5. The number of nitrogens with zero attached hydrogens (tertiary/aromatic N) is 2. The van der Waals surface area contributed by atoms with E-state index >= 15 is 0 Å². The Balaban J connectivity index is 1.65. The second-order valence-corrected chi connectivity index (χ2v) is 7.84. The Kier molecular flexibility index (Phi) is 6.34. The Hall–Kier alpha value is -4.21. The molecule has 0 aromatic heterocycles. The lowest BCUT2D eigenvalue weighted by Crippen LogP contribution is -2.30. The second kappa shape index (κ2) is 9.51. The highest BCUT2D eigenvalue weighted by molar-refractivity contribution is 6.30. The lowest BCUT2D eigenvalue weighted by molar-refractivity contribution is -0.117. The number of carbonyl (C=O) groups excluding carboxylic acids is 2. The maximum atomic E-state index is 13.0. The van der Waals surface area contributed by atoms with E-state index in [-0.39, 0.29) is 29.1 Å². The van der Waals surface area contributed by atoms with Crippen molar-refractivity contribution in [3.05, 3.63) is 112 Å². The molecule has 1 unspecified atom stereocenters. The monoisotopic (exact) mass is 454 g/mol. The van der Waals surface area contributed by atoms with Gasteiger partial charge in [-0.15, -0.1) is 0 Å². The first-order valence-electron chi connectivity index (χ1n) is 10.2. The molecule has 2 amide bonds. The number of rotatable bonds is 4. The van der Waals surface area contributed by atoms with Crippen LogP contribution in [0.5, 0.6) is 0 Å². The van der Waals surface area contributed by atoms with E-state index < -0.39 is 5.91 Å². The zero-order valence-electron chi connectivity index (χ0n) is 17.7. The fraction of sp³-hybridized carbons (Fsp3) is 0.0769. The summed E-state index contributed by atoms with van der Waals surface area (Å²) < 4.78 is 0. The summed E-state index contributed by atoms with van der Waals surface area (Å²) >= 11 is 5.90. The molecule has 0 bridgehead atoms. The largest absolute Gasteiger partial charge is 0.345 e. The molecule has 7 heteroatoms. The normalized spacial score (nSPS) is 14.4. The molecule has 3 aromatic carbocycles. The minimum atomic E-state index is -0.535. The van der Waals surface area contributed by atoms with Crippen molar-refractivity contribution in [2.75, 3.05) is 0 Å². The number of aliphatic imine (C=N–C) groups is 1. The molecule has 2 N–H and O–H groups in total. The zero-order valence-corrected chi connectivity index (χ0v) is 18.4. The molecule has 1 aliphatic heterocycles. The molecule has 0 radical (unpaired) electrons. The van der Waals surface area contributed by atoms with Crippen molar-refractivity contribution in [2.45, 2.75) is 13.0 Å². The van der Waals surface area contributed by atoms with Crippen LogP contribution in [0.15, 0.2) is 89.4 Å². The molecule has 0 aliphatic carbocycles. The van der Waals surface area contributed by atoms with Crippen LogP contribution in [0.2, 0.25) is 5.02 Å². The molecule has 6 nitrogen and oxygen atoms in total. The molecule has 3 aromatic rings. The quantitative estimate of drug-likeness (QED) is 0.444. The minimum Gasteiger partial charge on any atom is -0.345 e. The zero-order chi connectivity index (χ0) is 23.4. The van der Waals surface area contributed by atoms with Gasteiger partial charge in [-0.3, -0.25) is 9.59 Å². The van der Waals surface area contributed by atoms with Gasteiger partial charge in [-0.05, 0) is 36.8 Å². The standard InChI is InChI=1S/C26H19ClN4O2/c1-16(17-7-3-2-4-8-17)29-26(33)22(15-28)23-20-9-5-6-10-21(20)24(30-23)31-25(32)18-11-13-19(27)14-12-18/h2-14,16H,1H3,(H,29,33)(H,30,31,32). The first kappa shape index (κ1) is 22.0. The van der Waals surface area contributed by atoms with Crippen molar-refractivity contribution in [3.8, 4) is 6.07 Å². The average molecular weight is 455 g/mol. The van der Waals surface area contributed by atoms with Crippen LogP contribution in [0.3, 0.4) is 0 Å². The average Bonchev–Trinajstić information content (AvgIpc) is 3.18. The van der Waals surface area contributed by atoms with Crippen LogP contribution in [0.4, 0.5) is 0 Å². The predicted molar refractivity (Wildman–Crippen MR) is 127 cm³/mol. The molecule has 4 rings (SSSR count). The van der Waals surface area contributed by atoms with Gasteiger partial charge in [0.15, 0.2) is 0 Å². The minimum absolute atomic E-state index is 0.124. The number of amidine groups is 1. The second-order valence-electron chi connectivity index (χ2n) is 7.41. The molecule has 1 aliphatic rings. The summed E-state index contributed by atoms with van der Waals surface area (Å²) in [7, 11) is 0. The van der Waals surface area contributed by atoms with Crippen LogP contribution in [0.25, 0.3) is 5.70 Å². The Morgan fingerprint density at radius 3 is 2.24 bits per heavy atom. The highest BCUT2D eigenvalue weighted by Crippen LogP contribution is 2.31. The SMILES string of the molecule is CC(NC(=O)C(C#N)=C1N=C(NC(=O)c2ccc(Cl)cc2)c2ccccc21)c1ccccc1. The van der Waals surface area contributed by atoms with E-state index in [9.17, 15) is 14.9 Å². The number of hydrogen-bond donors (Lipinski definition) is 2. The number of hydrogen-bond acceptors (Lipinski definition) is 4. The lowest BCUT2D eigenvalue weighted by Gasteiger charge is -2.14. The number of amides is 2. The van der Waals surface area contributed by atoms with Gasteiger partial charge < -0.3 is 10.6 Å². The Labute approximate surface area is 196 Å². The van der Waals surface area contributed by atoms with E-state index in [1.807, 2.05) is 43.3 Å². The maximum absolute atomic E-state index is 13.0. The van der Waals surface area contributed by atoms with Crippen molar-refractivity contribution in [1.29, 1.82) is 5.26 Å². The number of halogens is 1. The lowest BCUT2D eigenvalue weighted by atomic mass is 10.0. The van der Waals surface area contributed by atoms with E-state index in [2.05, 4.69) is 15.6 Å².